The number of likely N-dealkylation sites (N-methyl/N-ethyl adjacent to an activating group) is 1. The van der Waals surface area contributed by atoms with Crippen LogP contribution in [0.1, 0.15) is 13.8 Å². The summed E-state index contributed by atoms with van der Waals surface area (Å²) in [6, 6.07) is 2.00. The first-order valence-corrected chi connectivity index (χ1v) is 4.33. The van der Waals surface area contributed by atoms with E-state index in [1.54, 1.807) is 13.8 Å². The zero-order valence-corrected chi connectivity index (χ0v) is 8.61. The van der Waals surface area contributed by atoms with Crippen LogP contribution in [0, 0.1) is 17.2 Å². The highest BCUT2D eigenvalue weighted by Crippen LogP contribution is 1.99. The number of rotatable bonds is 3. The molecular formula is C9H14N2O3. The fraction of sp³-hybridized carbons (Fsp3) is 0.667. The van der Waals surface area contributed by atoms with Gasteiger partial charge in [0.25, 0.3) is 0 Å². The second-order valence-corrected chi connectivity index (χ2v) is 2.87. The number of carbonyl (C=O) groups is 2. The highest BCUT2D eigenvalue weighted by Gasteiger charge is 2.22. The van der Waals surface area contributed by atoms with E-state index in [0.717, 1.165) is 7.11 Å². The fourth-order valence-electron chi connectivity index (χ4n) is 0.943. The summed E-state index contributed by atoms with van der Waals surface area (Å²) in [4.78, 5) is 23.5. The van der Waals surface area contributed by atoms with Gasteiger partial charge in [-0.2, -0.15) is 5.26 Å². The summed E-state index contributed by atoms with van der Waals surface area (Å²) in [7, 11) is 1.15. The molecule has 78 valence electrons. The third kappa shape index (κ3) is 3.44. The second-order valence-electron chi connectivity index (χ2n) is 2.87. The van der Waals surface area contributed by atoms with Gasteiger partial charge in [-0.25, -0.2) is 4.79 Å². The molecule has 0 saturated carbocycles. The van der Waals surface area contributed by atoms with E-state index in [9.17, 15) is 9.59 Å². The van der Waals surface area contributed by atoms with Crippen molar-refractivity contribution in [1.82, 2.24) is 4.90 Å². The van der Waals surface area contributed by atoms with E-state index in [-0.39, 0.29) is 12.5 Å². The van der Waals surface area contributed by atoms with Crippen LogP contribution in [0.4, 0.5) is 0 Å². The lowest BCUT2D eigenvalue weighted by Crippen LogP contribution is -2.39. The SMILES string of the molecule is CCN(CC(C)C#N)C(=O)C(=O)OC. The molecule has 0 saturated heterocycles. The van der Waals surface area contributed by atoms with Gasteiger partial charge in [0.05, 0.1) is 19.1 Å². The summed E-state index contributed by atoms with van der Waals surface area (Å²) in [6.45, 7) is 4.07. The van der Waals surface area contributed by atoms with Gasteiger partial charge in [-0.15, -0.1) is 0 Å². The normalized spacial score (nSPS) is 11.3. The smallest absolute Gasteiger partial charge is 0.396 e. The van der Waals surface area contributed by atoms with E-state index in [4.69, 9.17) is 5.26 Å². The molecule has 0 rings (SSSR count). The molecule has 0 fully saturated rings. The molecule has 0 N–H and O–H groups in total. The molecule has 0 aromatic heterocycles. The first kappa shape index (κ1) is 12.4. The number of hydrogen-bond donors (Lipinski definition) is 0. The van der Waals surface area contributed by atoms with Crippen LogP contribution >= 0.6 is 0 Å². The van der Waals surface area contributed by atoms with Gasteiger partial charge in [0.2, 0.25) is 0 Å². The molecule has 0 aliphatic rings. The van der Waals surface area contributed by atoms with Gasteiger partial charge in [-0.05, 0) is 13.8 Å². The molecule has 1 amide bonds. The van der Waals surface area contributed by atoms with Crippen LogP contribution in [0.25, 0.3) is 0 Å². The molecule has 1 atom stereocenters. The van der Waals surface area contributed by atoms with Crippen molar-refractivity contribution in [2.24, 2.45) is 5.92 Å². The third-order valence-electron chi connectivity index (χ3n) is 1.74. The van der Waals surface area contributed by atoms with Crippen molar-refractivity contribution >= 4 is 11.9 Å². The van der Waals surface area contributed by atoms with Crippen molar-refractivity contribution in [1.29, 1.82) is 5.26 Å². The quantitative estimate of drug-likeness (QED) is 0.478. The monoisotopic (exact) mass is 198 g/mol. The molecule has 0 spiro atoms. The maximum Gasteiger partial charge on any atom is 0.396 e. The van der Waals surface area contributed by atoms with Crippen molar-refractivity contribution in [2.75, 3.05) is 20.2 Å². The van der Waals surface area contributed by atoms with Gasteiger partial charge in [-0.1, -0.05) is 0 Å². The summed E-state index contributed by atoms with van der Waals surface area (Å²) in [5.74, 6) is -1.88. The maximum atomic E-state index is 11.3. The molecule has 0 aliphatic heterocycles. The van der Waals surface area contributed by atoms with E-state index in [0.29, 0.717) is 6.54 Å². The van der Waals surface area contributed by atoms with E-state index < -0.39 is 11.9 Å². The van der Waals surface area contributed by atoms with Crippen LogP contribution < -0.4 is 0 Å². The summed E-state index contributed by atoms with van der Waals surface area (Å²) < 4.78 is 4.30. The van der Waals surface area contributed by atoms with E-state index in [1.807, 2.05) is 6.07 Å². The molecule has 1 unspecified atom stereocenters. The number of amides is 1. The van der Waals surface area contributed by atoms with E-state index in [1.165, 1.54) is 4.90 Å². The Bertz CT molecular complexity index is 257. The summed E-state index contributed by atoms with van der Waals surface area (Å²) >= 11 is 0. The Kier molecular flexibility index (Phi) is 5.30. The lowest BCUT2D eigenvalue weighted by molar-refractivity contribution is -0.158. The largest absolute Gasteiger partial charge is 0.462 e. The lowest BCUT2D eigenvalue weighted by atomic mass is 10.2. The lowest BCUT2D eigenvalue weighted by Gasteiger charge is -2.19. The van der Waals surface area contributed by atoms with Gasteiger partial charge in [-0.3, -0.25) is 4.79 Å². The van der Waals surface area contributed by atoms with Gasteiger partial charge in [0.1, 0.15) is 0 Å². The Balaban J connectivity index is 4.35. The number of nitrogens with zero attached hydrogens (tertiary/aromatic N) is 2. The summed E-state index contributed by atoms with van der Waals surface area (Å²) in [6.07, 6.45) is 0. The zero-order valence-electron chi connectivity index (χ0n) is 8.61. The topological polar surface area (TPSA) is 70.4 Å². The van der Waals surface area contributed by atoms with Crippen LogP contribution in [0.5, 0.6) is 0 Å². The first-order valence-electron chi connectivity index (χ1n) is 4.33. The zero-order chi connectivity index (χ0) is 11.1. The Morgan fingerprint density at radius 2 is 2.14 bits per heavy atom. The highest BCUT2D eigenvalue weighted by molar-refractivity contribution is 6.32. The summed E-state index contributed by atoms with van der Waals surface area (Å²) in [5.41, 5.74) is 0. The number of ether oxygens (including phenoxy) is 1. The van der Waals surface area contributed by atoms with Crippen LogP contribution in [-0.4, -0.2) is 37.0 Å². The Hall–Kier alpha value is -1.57. The Labute approximate surface area is 83.2 Å². The van der Waals surface area contributed by atoms with Crippen molar-refractivity contribution in [3.05, 3.63) is 0 Å². The molecule has 0 aromatic rings. The molecular weight excluding hydrogens is 184 g/mol. The van der Waals surface area contributed by atoms with Gasteiger partial charge >= 0.3 is 11.9 Å². The number of carbonyl (C=O) groups excluding carboxylic acids is 2. The molecule has 0 radical (unpaired) electrons. The minimum absolute atomic E-state index is 0.251. The van der Waals surface area contributed by atoms with Gasteiger partial charge < -0.3 is 9.64 Å². The third-order valence-corrected chi connectivity index (χ3v) is 1.74. The van der Waals surface area contributed by atoms with Crippen molar-refractivity contribution in [2.45, 2.75) is 13.8 Å². The van der Waals surface area contributed by atoms with Crippen LogP contribution in [0.2, 0.25) is 0 Å². The number of nitriles is 1. The highest BCUT2D eigenvalue weighted by atomic mass is 16.5. The molecule has 0 aromatic carbocycles. The average Bonchev–Trinajstić information content (AvgIpc) is 2.23. The van der Waals surface area contributed by atoms with E-state index in [2.05, 4.69) is 4.74 Å². The second kappa shape index (κ2) is 5.97. The molecule has 5 nitrogen and oxygen atoms in total. The van der Waals surface area contributed by atoms with Crippen molar-refractivity contribution in [3.8, 4) is 6.07 Å². The summed E-state index contributed by atoms with van der Waals surface area (Å²) in [5, 5.41) is 8.55. The molecule has 0 aliphatic carbocycles. The van der Waals surface area contributed by atoms with Crippen molar-refractivity contribution in [3.63, 3.8) is 0 Å². The predicted octanol–water partition coefficient (Wildman–Crippen LogP) is 0.168. The number of esters is 1. The molecule has 0 bridgehead atoms. The predicted molar refractivity (Wildman–Crippen MR) is 49.0 cm³/mol. The number of hydrogen-bond acceptors (Lipinski definition) is 4. The standard InChI is InChI=1S/C9H14N2O3/c1-4-11(6-7(2)5-10)8(12)9(13)14-3/h7H,4,6H2,1-3H3. The first-order chi connectivity index (χ1) is 6.56. The number of methoxy groups -OCH3 is 1. The average molecular weight is 198 g/mol. The van der Waals surface area contributed by atoms with Crippen LogP contribution in [0.3, 0.4) is 0 Å². The van der Waals surface area contributed by atoms with Gasteiger partial charge in [0, 0.05) is 13.1 Å². The molecule has 14 heavy (non-hydrogen) atoms. The Morgan fingerprint density at radius 3 is 2.50 bits per heavy atom. The molecule has 0 heterocycles. The maximum absolute atomic E-state index is 11.3. The Morgan fingerprint density at radius 1 is 1.57 bits per heavy atom. The van der Waals surface area contributed by atoms with Crippen LogP contribution in [0.15, 0.2) is 0 Å². The van der Waals surface area contributed by atoms with Gasteiger partial charge in [0.15, 0.2) is 0 Å². The van der Waals surface area contributed by atoms with Crippen LogP contribution in [-0.2, 0) is 14.3 Å². The molecule has 5 heteroatoms. The fourth-order valence-corrected chi connectivity index (χ4v) is 0.943. The minimum Gasteiger partial charge on any atom is -0.462 e. The van der Waals surface area contributed by atoms with E-state index >= 15 is 0 Å². The minimum atomic E-state index is -0.892. The van der Waals surface area contributed by atoms with Crippen molar-refractivity contribution < 1.29 is 14.3 Å².